The number of benzene rings is 1. The maximum absolute atomic E-state index is 13.4. The Labute approximate surface area is 174 Å². The molecular formula is C21H24ClFN4O2. The Bertz CT molecular complexity index is 916. The number of rotatable bonds is 5. The van der Waals surface area contributed by atoms with Gasteiger partial charge in [0.1, 0.15) is 23.5 Å². The summed E-state index contributed by atoms with van der Waals surface area (Å²) in [5.41, 5.74) is 5.70. The second kappa shape index (κ2) is 8.73. The highest BCUT2D eigenvalue weighted by molar-refractivity contribution is 6.30. The quantitative estimate of drug-likeness (QED) is 0.711. The molecule has 2 aromatic rings. The Morgan fingerprint density at radius 1 is 1.21 bits per heavy atom. The molecule has 6 nitrogen and oxygen atoms in total. The van der Waals surface area contributed by atoms with Crippen LogP contribution in [0.5, 0.6) is 0 Å². The summed E-state index contributed by atoms with van der Waals surface area (Å²) in [7, 11) is 0. The van der Waals surface area contributed by atoms with Crippen LogP contribution in [0, 0.1) is 18.7 Å². The van der Waals surface area contributed by atoms with Crippen LogP contribution in [0.25, 0.3) is 0 Å². The molecular weight excluding hydrogens is 395 g/mol. The molecule has 1 fully saturated rings. The summed E-state index contributed by atoms with van der Waals surface area (Å²) in [4.78, 5) is 14.8. The normalized spacial score (nSPS) is 24.3. The molecule has 154 valence electrons. The van der Waals surface area contributed by atoms with Gasteiger partial charge in [-0.25, -0.2) is 19.8 Å². The average molecular weight is 419 g/mol. The lowest BCUT2D eigenvalue weighted by Crippen LogP contribution is -2.34. The first-order valence-corrected chi connectivity index (χ1v) is 10.3. The first kappa shape index (κ1) is 20.2. The van der Waals surface area contributed by atoms with Crippen molar-refractivity contribution < 1.29 is 14.4 Å². The molecule has 1 aliphatic heterocycles. The molecule has 0 saturated heterocycles. The minimum Gasteiger partial charge on any atom is -0.391 e. The molecule has 1 saturated carbocycles. The van der Waals surface area contributed by atoms with E-state index in [-0.39, 0.29) is 17.2 Å². The molecule has 1 aromatic carbocycles. The molecule has 1 unspecified atom stereocenters. The maximum atomic E-state index is 13.4. The van der Waals surface area contributed by atoms with Crippen molar-refractivity contribution in [1.82, 2.24) is 15.4 Å². The van der Waals surface area contributed by atoms with Crippen molar-refractivity contribution in [2.75, 3.05) is 0 Å². The van der Waals surface area contributed by atoms with Crippen LogP contribution >= 0.6 is 11.6 Å². The molecule has 29 heavy (non-hydrogen) atoms. The van der Waals surface area contributed by atoms with E-state index < -0.39 is 5.82 Å². The first-order chi connectivity index (χ1) is 14.0. The van der Waals surface area contributed by atoms with Crippen LogP contribution in [0.15, 0.2) is 29.4 Å². The number of hydroxylamine groups is 1. The molecule has 2 heterocycles. The van der Waals surface area contributed by atoms with Gasteiger partial charge in [0.25, 0.3) is 0 Å². The van der Waals surface area contributed by atoms with Crippen molar-refractivity contribution in [2.45, 2.75) is 57.6 Å². The number of nitrogens with one attached hydrogen (secondary N) is 1. The number of nitrogens with zero attached hydrogens (tertiary/aromatic N) is 3. The lowest BCUT2D eigenvalue weighted by molar-refractivity contribution is 0.0127. The predicted molar refractivity (Wildman–Crippen MR) is 108 cm³/mol. The van der Waals surface area contributed by atoms with Crippen molar-refractivity contribution in [2.24, 2.45) is 11.1 Å². The number of aromatic nitrogens is 2. The van der Waals surface area contributed by atoms with Crippen LogP contribution in [0.1, 0.15) is 54.9 Å². The van der Waals surface area contributed by atoms with Gasteiger partial charge in [0.2, 0.25) is 0 Å². The second-order valence-electron chi connectivity index (χ2n) is 7.84. The van der Waals surface area contributed by atoms with E-state index in [1.807, 2.05) is 13.0 Å². The van der Waals surface area contributed by atoms with E-state index in [4.69, 9.17) is 21.6 Å². The summed E-state index contributed by atoms with van der Waals surface area (Å²) in [6, 6.07) is 6.80. The zero-order chi connectivity index (χ0) is 20.4. The molecule has 1 atom stereocenters. The van der Waals surface area contributed by atoms with Crippen molar-refractivity contribution in [3.63, 3.8) is 0 Å². The van der Waals surface area contributed by atoms with Gasteiger partial charge in [-0.05, 0) is 62.3 Å². The standard InChI is InChI=1S/C21H24ClFN4O2/c1-12-24-16(8-13-2-7-18(23)17(22)9-13)10-19(25-12)20-11-21(29-27-20)14-3-5-15(26-28)6-4-14/h2,7,9-10,14-15,21,26,28H,3-6,8,11H2,1H3. The largest absolute Gasteiger partial charge is 0.391 e. The van der Waals surface area contributed by atoms with Gasteiger partial charge in [-0.1, -0.05) is 22.8 Å². The summed E-state index contributed by atoms with van der Waals surface area (Å²) < 4.78 is 13.4. The van der Waals surface area contributed by atoms with Crippen molar-refractivity contribution in [1.29, 1.82) is 0 Å². The van der Waals surface area contributed by atoms with E-state index >= 15 is 0 Å². The fourth-order valence-corrected chi connectivity index (χ4v) is 4.35. The molecule has 2 N–H and O–H groups in total. The maximum Gasteiger partial charge on any atom is 0.141 e. The molecule has 4 rings (SSSR count). The number of hydrogen-bond acceptors (Lipinski definition) is 6. The molecule has 0 spiro atoms. The molecule has 8 heteroatoms. The molecule has 0 bridgehead atoms. The van der Waals surface area contributed by atoms with E-state index in [1.165, 1.54) is 6.07 Å². The summed E-state index contributed by atoms with van der Waals surface area (Å²) in [5.74, 6) is 0.665. The van der Waals surface area contributed by atoms with E-state index in [0.29, 0.717) is 18.2 Å². The molecule has 1 aromatic heterocycles. The fourth-order valence-electron chi connectivity index (χ4n) is 4.15. The first-order valence-electron chi connectivity index (χ1n) is 9.93. The van der Waals surface area contributed by atoms with Gasteiger partial charge in [-0.2, -0.15) is 0 Å². The summed E-state index contributed by atoms with van der Waals surface area (Å²) in [6.45, 7) is 1.85. The molecule has 0 radical (unpaired) electrons. The number of aryl methyl sites for hydroxylation is 1. The van der Waals surface area contributed by atoms with Gasteiger partial charge in [0.15, 0.2) is 0 Å². The van der Waals surface area contributed by atoms with Crippen molar-refractivity contribution in [3.05, 3.63) is 57.9 Å². The smallest absolute Gasteiger partial charge is 0.141 e. The van der Waals surface area contributed by atoms with Gasteiger partial charge in [0, 0.05) is 24.6 Å². The van der Waals surface area contributed by atoms with Crippen LogP contribution in [-0.4, -0.2) is 33.0 Å². The van der Waals surface area contributed by atoms with E-state index in [0.717, 1.165) is 54.8 Å². The zero-order valence-electron chi connectivity index (χ0n) is 16.2. The summed E-state index contributed by atoms with van der Waals surface area (Å²) in [6.07, 6.45) is 5.20. The van der Waals surface area contributed by atoms with Crippen LogP contribution in [-0.2, 0) is 11.3 Å². The van der Waals surface area contributed by atoms with Crippen LogP contribution in [0.4, 0.5) is 4.39 Å². The zero-order valence-corrected chi connectivity index (χ0v) is 17.0. The fraction of sp³-hybridized carbons (Fsp3) is 0.476. The SMILES string of the molecule is Cc1nc(Cc2ccc(F)c(Cl)c2)cc(C2=NOC(C3CCC(NO)CC3)C2)n1. The van der Waals surface area contributed by atoms with Gasteiger partial charge in [-0.3, -0.25) is 0 Å². The van der Waals surface area contributed by atoms with Gasteiger partial charge >= 0.3 is 0 Å². The number of hydrogen-bond donors (Lipinski definition) is 2. The van der Waals surface area contributed by atoms with E-state index in [9.17, 15) is 4.39 Å². The number of oxime groups is 1. The van der Waals surface area contributed by atoms with Gasteiger partial charge in [-0.15, -0.1) is 0 Å². The Balaban J connectivity index is 1.44. The third-order valence-electron chi connectivity index (χ3n) is 5.73. The molecule has 2 aliphatic rings. The van der Waals surface area contributed by atoms with Crippen molar-refractivity contribution >= 4 is 17.3 Å². The van der Waals surface area contributed by atoms with Crippen LogP contribution in [0.3, 0.4) is 0 Å². The Morgan fingerprint density at radius 2 is 2.00 bits per heavy atom. The lowest BCUT2D eigenvalue weighted by Gasteiger charge is -2.29. The Hall–Kier alpha value is -2.09. The minimum atomic E-state index is -0.428. The number of halogens is 2. The Morgan fingerprint density at radius 3 is 2.72 bits per heavy atom. The molecule has 0 amide bonds. The van der Waals surface area contributed by atoms with Crippen molar-refractivity contribution in [3.8, 4) is 0 Å². The Kier molecular flexibility index (Phi) is 6.08. The van der Waals surface area contributed by atoms with Gasteiger partial charge in [0.05, 0.1) is 10.7 Å². The van der Waals surface area contributed by atoms with Crippen LogP contribution in [0.2, 0.25) is 5.02 Å². The lowest BCUT2D eigenvalue weighted by atomic mass is 9.81. The van der Waals surface area contributed by atoms with E-state index in [2.05, 4.69) is 20.6 Å². The average Bonchev–Trinajstić information content (AvgIpc) is 3.21. The van der Waals surface area contributed by atoms with E-state index in [1.54, 1.807) is 12.1 Å². The molecule has 1 aliphatic carbocycles. The van der Waals surface area contributed by atoms with Gasteiger partial charge < -0.3 is 10.0 Å². The third kappa shape index (κ3) is 4.74. The predicted octanol–water partition coefficient (Wildman–Crippen LogP) is 4.20. The minimum absolute atomic E-state index is 0.0549. The summed E-state index contributed by atoms with van der Waals surface area (Å²) in [5, 5.41) is 13.5. The highest BCUT2D eigenvalue weighted by Crippen LogP contribution is 2.33. The highest BCUT2D eigenvalue weighted by atomic mass is 35.5. The highest BCUT2D eigenvalue weighted by Gasteiger charge is 2.33. The topological polar surface area (TPSA) is 79.6 Å². The third-order valence-corrected chi connectivity index (χ3v) is 6.02. The summed E-state index contributed by atoms with van der Waals surface area (Å²) >= 11 is 5.89. The van der Waals surface area contributed by atoms with Crippen LogP contribution < -0.4 is 5.48 Å². The monoisotopic (exact) mass is 418 g/mol. The second-order valence-corrected chi connectivity index (χ2v) is 8.25.